The Bertz CT molecular complexity index is 732. The summed E-state index contributed by atoms with van der Waals surface area (Å²) in [5.41, 5.74) is 6.44. The maximum Gasteiger partial charge on any atom is 0.255 e. The van der Waals surface area contributed by atoms with Gasteiger partial charge >= 0.3 is 0 Å². The van der Waals surface area contributed by atoms with Gasteiger partial charge in [0.1, 0.15) is 5.82 Å². The average molecular weight is 351 g/mol. The van der Waals surface area contributed by atoms with Gasteiger partial charge in [0.15, 0.2) is 0 Å². The van der Waals surface area contributed by atoms with Crippen molar-refractivity contribution in [2.75, 3.05) is 5.32 Å². The van der Waals surface area contributed by atoms with E-state index in [0.29, 0.717) is 5.56 Å². The molecule has 4 nitrogen and oxygen atoms in total. The van der Waals surface area contributed by atoms with Crippen molar-refractivity contribution >= 4 is 33.4 Å². The lowest BCUT2D eigenvalue weighted by Gasteiger charge is -2.08. The van der Waals surface area contributed by atoms with Gasteiger partial charge in [-0.1, -0.05) is 15.9 Å². The van der Waals surface area contributed by atoms with Gasteiger partial charge in [0.2, 0.25) is 5.91 Å². The van der Waals surface area contributed by atoms with Crippen molar-refractivity contribution in [3.05, 3.63) is 63.4 Å². The van der Waals surface area contributed by atoms with Crippen LogP contribution >= 0.6 is 15.9 Å². The van der Waals surface area contributed by atoms with Crippen molar-refractivity contribution in [3.8, 4) is 0 Å². The number of nitrogens with one attached hydrogen (secondary N) is 1. The molecule has 3 N–H and O–H groups in total. The van der Waals surface area contributed by atoms with E-state index < -0.39 is 17.6 Å². The van der Waals surface area contributed by atoms with Gasteiger partial charge in [-0.3, -0.25) is 9.59 Å². The molecule has 0 saturated heterocycles. The monoisotopic (exact) mass is 350 g/mol. The maximum absolute atomic E-state index is 13.7. The Labute approximate surface area is 129 Å². The summed E-state index contributed by atoms with van der Waals surface area (Å²) in [6.07, 6.45) is 0. The second kappa shape index (κ2) is 6.05. The first-order valence-electron chi connectivity index (χ1n) is 6.05. The largest absolute Gasteiger partial charge is 0.366 e. The number of nitrogens with two attached hydrogens (primary N) is 1. The summed E-state index contributed by atoms with van der Waals surface area (Å²) in [5.74, 6) is -1.79. The first kappa shape index (κ1) is 15.2. The Morgan fingerprint density at radius 3 is 2.43 bits per heavy atom. The summed E-state index contributed by atoms with van der Waals surface area (Å²) in [4.78, 5) is 23.2. The predicted octanol–water partition coefficient (Wildman–Crippen LogP) is 3.25. The molecule has 2 rings (SSSR count). The van der Waals surface area contributed by atoms with Crippen LogP contribution in [0.4, 0.5) is 10.1 Å². The molecule has 0 spiro atoms. The molecule has 0 saturated carbocycles. The molecule has 0 bridgehead atoms. The van der Waals surface area contributed by atoms with E-state index in [1.165, 1.54) is 12.1 Å². The summed E-state index contributed by atoms with van der Waals surface area (Å²) in [5, 5.41) is 2.43. The Morgan fingerprint density at radius 1 is 1.14 bits per heavy atom. The highest BCUT2D eigenvalue weighted by Gasteiger charge is 2.12. The van der Waals surface area contributed by atoms with Crippen LogP contribution in [-0.2, 0) is 0 Å². The Kier molecular flexibility index (Phi) is 4.37. The van der Waals surface area contributed by atoms with Gasteiger partial charge in [-0.05, 0) is 48.9 Å². The van der Waals surface area contributed by atoms with Crippen molar-refractivity contribution in [2.45, 2.75) is 6.92 Å². The fourth-order valence-corrected chi connectivity index (χ4v) is 2.00. The SMILES string of the molecule is Cc1cc(C(=O)Nc2cc(C(N)=O)ccc2F)ccc1Br. The molecule has 0 atom stereocenters. The van der Waals surface area contributed by atoms with Crippen molar-refractivity contribution < 1.29 is 14.0 Å². The molecule has 0 fully saturated rings. The highest BCUT2D eigenvalue weighted by Crippen LogP contribution is 2.20. The number of aryl methyl sites for hydroxylation is 1. The van der Waals surface area contributed by atoms with Crippen molar-refractivity contribution in [1.82, 2.24) is 0 Å². The molecule has 0 aliphatic carbocycles. The predicted molar refractivity (Wildman–Crippen MR) is 81.8 cm³/mol. The number of rotatable bonds is 3. The van der Waals surface area contributed by atoms with Crippen LogP contribution < -0.4 is 11.1 Å². The van der Waals surface area contributed by atoms with Crippen LogP contribution in [0, 0.1) is 12.7 Å². The molecule has 0 aromatic heterocycles. The molecule has 6 heteroatoms. The molecular weight excluding hydrogens is 339 g/mol. The third kappa shape index (κ3) is 3.46. The third-order valence-electron chi connectivity index (χ3n) is 2.92. The zero-order chi connectivity index (χ0) is 15.6. The fourth-order valence-electron chi connectivity index (χ4n) is 1.75. The summed E-state index contributed by atoms with van der Waals surface area (Å²) in [6, 6.07) is 8.58. The number of carbonyl (C=O) groups is 2. The topological polar surface area (TPSA) is 72.2 Å². The van der Waals surface area contributed by atoms with Gasteiger partial charge in [-0.2, -0.15) is 0 Å². The number of hydrogen-bond acceptors (Lipinski definition) is 2. The van der Waals surface area contributed by atoms with Crippen LogP contribution in [0.15, 0.2) is 40.9 Å². The molecule has 108 valence electrons. The average Bonchev–Trinajstić information content (AvgIpc) is 2.43. The Morgan fingerprint density at radius 2 is 1.81 bits per heavy atom. The molecule has 0 aliphatic rings. The lowest BCUT2D eigenvalue weighted by Crippen LogP contribution is -2.15. The van der Waals surface area contributed by atoms with Crippen molar-refractivity contribution in [1.29, 1.82) is 0 Å². The van der Waals surface area contributed by atoms with Crippen LogP contribution in [0.25, 0.3) is 0 Å². The van der Waals surface area contributed by atoms with E-state index in [1.807, 2.05) is 6.92 Å². The van der Waals surface area contributed by atoms with Gasteiger partial charge in [0.25, 0.3) is 5.91 Å². The number of anilines is 1. The molecule has 21 heavy (non-hydrogen) atoms. The van der Waals surface area contributed by atoms with E-state index in [9.17, 15) is 14.0 Å². The van der Waals surface area contributed by atoms with E-state index in [2.05, 4.69) is 21.2 Å². The van der Waals surface area contributed by atoms with Gasteiger partial charge in [-0.15, -0.1) is 0 Å². The summed E-state index contributed by atoms with van der Waals surface area (Å²) in [6.45, 7) is 1.84. The number of primary amides is 1. The van der Waals surface area contributed by atoms with E-state index >= 15 is 0 Å². The Hall–Kier alpha value is -2.21. The normalized spacial score (nSPS) is 10.2. The number of amides is 2. The Balaban J connectivity index is 2.28. The van der Waals surface area contributed by atoms with Crippen LogP contribution in [0.5, 0.6) is 0 Å². The summed E-state index contributed by atoms with van der Waals surface area (Å²) in [7, 11) is 0. The highest BCUT2D eigenvalue weighted by molar-refractivity contribution is 9.10. The first-order chi connectivity index (χ1) is 9.88. The second-order valence-electron chi connectivity index (χ2n) is 4.48. The van der Waals surface area contributed by atoms with Gasteiger partial charge in [0, 0.05) is 15.6 Å². The molecule has 0 aliphatic heterocycles. The third-order valence-corrected chi connectivity index (χ3v) is 3.81. The smallest absolute Gasteiger partial charge is 0.255 e. The molecule has 0 heterocycles. The number of benzene rings is 2. The lowest BCUT2D eigenvalue weighted by molar-refractivity contribution is 0.0996. The van der Waals surface area contributed by atoms with Crippen molar-refractivity contribution in [3.63, 3.8) is 0 Å². The second-order valence-corrected chi connectivity index (χ2v) is 5.33. The van der Waals surface area contributed by atoms with E-state index in [1.54, 1.807) is 18.2 Å². The van der Waals surface area contributed by atoms with Crippen molar-refractivity contribution in [2.24, 2.45) is 5.73 Å². The van der Waals surface area contributed by atoms with Crippen LogP contribution in [0.2, 0.25) is 0 Å². The minimum absolute atomic E-state index is 0.0862. The van der Waals surface area contributed by atoms with Crippen LogP contribution in [0.1, 0.15) is 26.3 Å². The molecule has 2 aromatic carbocycles. The van der Waals surface area contributed by atoms with E-state index in [0.717, 1.165) is 16.1 Å². The summed E-state index contributed by atoms with van der Waals surface area (Å²) < 4.78 is 14.6. The minimum atomic E-state index is -0.690. The zero-order valence-corrected chi connectivity index (χ0v) is 12.7. The lowest BCUT2D eigenvalue weighted by atomic mass is 10.1. The molecule has 2 aromatic rings. The summed E-state index contributed by atoms with van der Waals surface area (Å²) >= 11 is 3.34. The van der Waals surface area contributed by atoms with Gasteiger partial charge < -0.3 is 11.1 Å². The zero-order valence-electron chi connectivity index (χ0n) is 11.1. The molecule has 2 amide bonds. The number of hydrogen-bond donors (Lipinski definition) is 2. The van der Waals surface area contributed by atoms with Crippen LogP contribution in [-0.4, -0.2) is 11.8 Å². The van der Waals surface area contributed by atoms with Crippen LogP contribution in [0.3, 0.4) is 0 Å². The quantitative estimate of drug-likeness (QED) is 0.891. The molecular formula is C15H12BrFN2O2. The molecule has 0 unspecified atom stereocenters. The van der Waals surface area contributed by atoms with Gasteiger partial charge in [-0.25, -0.2) is 4.39 Å². The molecule has 0 radical (unpaired) electrons. The standard InChI is InChI=1S/C15H12BrFN2O2/c1-8-6-10(2-4-11(8)16)15(21)19-13-7-9(14(18)20)3-5-12(13)17/h2-7H,1H3,(H2,18,20)(H,19,21). The number of carbonyl (C=O) groups excluding carboxylic acids is 2. The maximum atomic E-state index is 13.7. The fraction of sp³-hybridized carbons (Fsp3) is 0.0667. The highest BCUT2D eigenvalue weighted by atomic mass is 79.9. The van der Waals surface area contributed by atoms with E-state index in [-0.39, 0.29) is 11.3 Å². The van der Waals surface area contributed by atoms with E-state index in [4.69, 9.17) is 5.73 Å². The first-order valence-corrected chi connectivity index (χ1v) is 6.84. The number of halogens is 2. The minimum Gasteiger partial charge on any atom is -0.366 e. The van der Waals surface area contributed by atoms with Gasteiger partial charge in [0.05, 0.1) is 5.69 Å².